The van der Waals surface area contributed by atoms with Crippen molar-refractivity contribution in [3.8, 4) is 0 Å². The number of sulfone groups is 1. The van der Waals surface area contributed by atoms with E-state index in [9.17, 15) is 23.3 Å². The summed E-state index contributed by atoms with van der Waals surface area (Å²) in [6.07, 6.45) is 0. The van der Waals surface area contributed by atoms with E-state index in [1.807, 2.05) is 25.1 Å². The maximum absolute atomic E-state index is 13.2. The van der Waals surface area contributed by atoms with Crippen molar-refractivity contribution in [3.05, 3.63) is 64.2 Å². The summed E-state index contributed by atoms with van der Waals surface area (Å²) in [5, 5.41) is 11.1. The predicted molar refractivity (Wildman–Crippen MR) is 101 cm³/mol. The van der Waals surface area contributed by atoms with Crippen LogP contribution in [0.5, 0.6) is 0 Å². The Morgan fingerprint density at radius 3 is 2.11 bits per heavy atom. The minimum atomic E-state index is -3.32. The van der Waals surface area contributed by atoms with Crippen LogP contribution in [0, 0.1) is 17.0 Å². The van der Waals surface area contributed by atoms with Gasteiger partial charge in [-0.15, -0.1) is 0 Å². The molecular weight excluding hydrogens is 370 g/mol. The molecule has 0 aromatic heterocycles. The number of hydrogen-bond acceptors (Lipinski definition) is 5. The average Bonchev–Trinajstić information content (AvgIpc) is 3.03. The smallest absolute Gasteiger partial charge is 0.288 e. The summed E-state index contributed by atoms with van der Waals surface area (Å²) in [6.45, 7) is 1.89. The van der Waals surface area contributed by atoms with Crippen LogP contribution in [-0.4, -0.2) is 43.0 Å². The second-order valence-electron chi connectivity index (χ2n) is 6.85. The lowest BCUT2D eigenvalue weighted by atomic mass is 10.1. The molecule has 0 bridgehead atoms. The van der Waals surface area contributed by atoms with E-state index in [2.05, 4.69) is 0 Å². The van der Waals surface area contributed by atoms with Crippen LogP contribution in [0.15, 0.2) is 48.5 Å². The molecule has 0 saturated carbocycles. The molecule has 2 aromatic rings. The number of carbonyl (C=O) groups is 1. The van der Waals surface area contributed by atoms with Gasteiger partial charge in [-0.3, -0.25) is 19.9 Å². The average molecular weight is 387 g/mol. The highest BCUT2D eigenvalue weighted by atomic mass is 32.2. The molecule has 0 radical (unpaired) electrons. The van der Waals surface area contributed by atoms with Crippen molar-refractivity contribution in [3.63, 3.8) is 0 Å². The molecule has 2 aromatic carbocycles. The van der Waals surface area contributed by atoms with Crippen molar-refractivity contribution in [2.75, 3.05) is 21.3 Å². The predicted octanol–water partition coefficient (Wildman–Crippen LogP) is 2.52. The molecule has 2 heterocycles. The maximum atomic E-state index is 13.2. The van der Waals surface area contributed by atoms with E-state index in [4.69, 9.17) is 0 Å². The molecular formula is C18H17N3O5S. The lowest BCUT2D eigenvalue weighted by Gasteiger charge is -2.22. The summed E-state index contributed by atoms with van der Waals surface area (Å²) in [6, 6.07) is 11.6. The molecule has 27 heavy (non-hydrogen) atoms. The number of non-ortho nitro benzene ring substituents is 1. The van der Waals surface area contributed by atoms with E-state index in [0.29, 0.717) is 11.4 Å². The van der Waals surface area contributed by atoms with Crippen LogP contribution in [-0.2, 0) is 9.84 Å². The van der Waals surface area contributed by atoms with Crippen molar-refractivity contribution in [2.24, 2.45) is 0 Å². The SMILES string of the molecule is Cc1cccc(N2C(=O)N(c3cccc([N+](=O)[O-])c3)[C@H]3CS(=O)(=O)C[C@@H]32)c1. The minimum absolute atomic E-state index is 0.122. The lowest BCUT2D eigenvalue weighted by Crippen LogP contribution is -2.37. The number of amides is 2. The number of aryl methyl sites for hydroxylation is 1. The number of benzene rings is 2. The molecule has 0 spiro atoms. The molecule has 2 amide bonds. The zero-order chi connectivity index (χ0) is 19.3. The Morgan fingerprint density at radius 2 is 1.56 bits per heavy atom. The van der Waals surface area contributed by atoms with Gasteiger partial charge in [-0.25, -0.2) is 13.2 Å². The third kappa shape index (κ3) is 2.93. The zero-order valence-electron chi connectivity index (χ0n) is 14.5. The molecule has 2 aliphatic rings. The topological polar surface area (TPSA) is 101 Å². The highest BCUT2D eigenvalue weighted by Gasteiger charge is 2.54. The van der Waals surface area contributed by atoms with Crippen LogP contribution in [0.4, 0.5) is 21.9 Å². The first-order chi connectivity index (χ1) is 12.8. The number of urea groups is 1. The fourth-order valence-corrected chi connectivity index (χ4v) is 5.76. The Kier molecular flexibility index (Phi) is 3.92. The van der Waals surface area contributed by atoms with Gasteiger partial charge in [0, 0.05) is 17.8 Å². The number of anilines is 2. The first-order valence-corrected chi connectivity index (χ1v) is 10.2. The van der Waals surface area contributed by atoms with Gasteiger partial charge in [-0.05, 0) is 30.7 Å². The summed E-state index contributed by atoms with van der Waals surface area (Å²) < 4.78 is 24.5. The van der Waals surface area contributed by atoms with Gasteiger partial charge in [0.15, 0.2) is 9.84 Å². The minimum Gasteiger partial charge on any atom is -0.288 e. The molecule has 8 nitrogen and oxygen atoms in total. The fraction of sp³-hybridized carbons (Fsp3) is 0.278. The van der Waals surface area contributed by atoms with E-state index < -0.39 is 26.8 Å². The van der Waals surface area contributed by atoms with E-state index in [0.717, 1.165) is 5.56 Å². The second-order valence-corrected chi connectivity index (χ2v) is 9.00. The normalized spacial score (nSPS) is 23.5. The van der Waals surface area contributed by atoms with Gasteiger partial charge in [0.1, 0.15) is 0 Å². The molecule has 9 heteroatoms. The van der Waals surface area contributed by atoms with Crippen LogP contribution in [0.25, 0.3) is 0 Å². The summed E-state index contributed by atoms with van der Waals surface area (Å²) in [5.74, 6) is -0.281. The monoisotopic (exact) mass is 387 g/mol. The number of nitro groups is 1. The van der Waals surface area contributed by atoms with Gasteiger partial charge in [0.2, 0.25) is 0 Å². The Bertz CT molecular complexity index is 1050. The van der Waals surface area contributed by atoms with Gasteiger partial charge in [0.05, 0.1) is 34.2 Å². The van der Waals surface area contributed by atoms with E-state index in [-0.39, 0.29) is 23.2 Å². The Hall–Kier alpha value is -2.94. The molecule has 0 aliphatic carbocycles. The highest BCUT2D eigenvalue weighted by molar-refractivity contribution is 7.91. The number of hydrogen-bond donors (Lipinski definition) is 0. The van der Waals surface area contributed by atoms with Crippen molar-refractivity contribution in [1.82, 2.24) is 0 Å². The largest absolute Gasteiger partial charge is 0.329 e. The van der Waals surface area contributed by atoms with Gasteiger partial charge >= 0.3 is 6.03 Å². The molecule has 4 rings (SSSR count). The van der Waals surface area contributed by atoms with Crippen LogP contribution in [0.3, 0.4) is 0 Å². The summed E-state index contributed by atoms with van der Waals surface area (Å²) in [5.41, 5.74) is 1.76. The van der Waals surface area contributed by atoms with Gasteiger partial charge in [-0.1, -0.05) is 18.2 Å². The molecule has 2 fully saturated rings. The number of rotatable bonds is 3. The first-order valence-electron chi connectivity index (χ1n) is 8.41. The molecule has 140 valence electrons. The van der Waals surface area contributed by atoms with Crippen LogP contribution in [0.1, 0.15) is 5.56 Å². The molecule has 2 aliphatic heterocycles. The van der Waals surface area contributed by atoms with E-state index in [1.165, 1.54) is 28.0 Å². The van der Waals surface area contributed by atoms with E-state index in [1.54, 1.807) is 12.1 Å². The van der Waals surface area contributed by atoms with E-state index >= 15 is 0 Å². The van der Waals surface area contributed by atoms with Gasteiger partial charge in [0.25, 0.3) is 5.69 Å². The summed E-state index contributed by atoms with van der Waals surface area (Å²) >= 11 is 0. The third-order valence-corrected chi connectivity index (χ3v) is 6.67. The highest BCUT2D eigenvalue weighted by Crippen LogP contribution is 2.38. The Balaban J connectivity index is 1.82. The second kappa shape index (κ2) is 6.05. The first kappa shape index (κ1) is 17.5. The lowest BCUT2D eigenvalue weighted by molar-refractivity contribution is -0.384. The zero-order valence-corrected chi connectivity index (χ0v) is 15.3. The number of carbonyl (C=O) groups excluding carboxylic acids is 1. The molecule has 0 N–H and O–H groups in total. The van der Waals surface area contributed by atoms with Crippen LogP contribution >= 0.6 is 0 Å². The van der Waals surface area contributed by atoms with Crippen LogP contribution < -0.4 is 9.80 Å². The van der Waals surface area contributed by atoms with Crippen molar-refractivity contribution < 1.29 is 18.1 Å². The standard InChI is InChI=1S/C18H17N3O5S/c1-12-4-2-5-13(8-12)19-16-10-27(25,26)11-17(16)20(18(19)22)14-6-3-7-15(9-14)21(23)24/h2-9,16-17H,10-11H2,1H3/t16-,17-/m0/s1. The number of nitro benzene ring substituents is 1. The van der Waals surface area contributed by atoms with Crippen molar-refractivity contribution in [2.45, 2.75) is 19.0 Å². The molecule has 2 saturated heterocycles. The third-order valence-electron chi connectivity index (χ3n) is 4.97. The summed E-state index contributed by atoms with van der Waals surface area (Å²) in [4.78, 5) is 26.7. The van der Waals surface area contributed by atoms with Gasteiger partial charge in [-0.2, -0.15) is 0 Å². The van der Waals surface area contributed by atoms with Gasteiger partial charge < -0.3 is 0 Å². The van der Waals surface area contributed by atoms with Crippen molar-refractivity contribution >= 4 is 32.9 Å². The fourth-order valence-electron chi connectivity index (χ4n) is 3.84. The molecule has 2 atom stereocenters. The Labute approximate surface area is 156 Å². The number of fused-ring (bicyclic) bond motifs is 1. The maximum Gasteiger partial charge on any atom is 0.329 e. The summed E-state index contributed by atoms with van der Waals surface area (Å²) in [7, 11) is -3.32. The molecule has 0 unspecified atom stereocenters. The Morgan fingerprint density at radius 1 is 1.00 bits per heavy atom. The van der Waals surface area contributed by atoms with Crippen LogP contribution in [0.2, 0.25) is 0 Å². The quantitative estimate of drug-likeness (QED) is 0.458. The van der Waals surface area contributed by atoms with Crippen molar-refractivity contribution in [1.29, 1.82) is 0 Å². The number of nitrogens with zero attached hydrogens (tertiary/aromatic N) is 3.